The molecule has 17 heavy (non-hydrogen) atoms. The molecule has 1 N–H and O–H groups in total. The van der Waals surface area contributed by atoms with Gasteiger partial charge in [-0.2, -0.15) is 0 Å². The number of hydrogen-bond donors (Lipinski definition) is 1. The van der Waals surface area contributed by atoms with E-state index in [0.717, 1.165) is 12.6 Å². The maximum atomic E-state index is 5.41. The molecule has 100 valence electrons. The second-order valence-electron chi connectivity index (χ2n) is 5.71. The number of nitrogens with one attached hydrogen (secondary N) is 1. The molecule has 1 aliphatic heterocycles. The third-order valence-corrected chi connectivity index (χ3v) is 4.47. The molecule has 2 rings (SSSR count). The maximum Gasteiger partial charge on any atom is 0.0572 e. The van der Waals surface area contributed by atoms with E-state index in [1.807, 2.05) is 7.11 Å². The molecule has 3 nitrogen and oxygen atoms in total. The first-order valence-corrected chi connectivity index (χ1v) is 7.30. The highest BCUT2D eigenvalue weighted by atomic mass is 16.5. The summed E-state index contributed by atoms with van der Waals surface area (Å²) in [4.78, 5) is 2.62. The zero-order valence-electron chi connectivity index (χ0n) is 11.5. The molecule has 2 fully saturated rings. The van der Waals surface area contributed by atoms with E-state index >= 15 is 0 Å². The Labute approximate surface area is 106 Å². The van der Waals surface area contributed by atoms with Crippen LogP contribution in [0.3, 0.4) is 0 Å². The fraction of sp³-hybridized carbons (Fsp3) is 1.00. The van der Waals surface area contributed by atoms with E-state index in [0.29, 0.717) is 12.1 Å². The molecule has 0 spiro atoms. The SMILES string of the molecule is COC1CCC(NCC(C)N2CCCC2)CC1. The number of rotatable bonds is 5. The molecule has 1 saturated heterocycles. The fourth-order valence-corrected chi connectivity index (χ4v) is 3.15. The number of nitrogens with zero attached hydrogens (tertiary/aromatic N) is 1. The first kappa shape index (κ1) is 13.3. The minimum Gasteiger partial charge on any atom is -0.381 e. The van der Waals surface area contributed by atoms with Crippen LogP contribution in [-0.4, -0.2) is 49.8 Å². The van der Waals surface area contributed by atoms with Gasteiger partial charge in [0, 0.05) is 25.7 Å². The van der Waals surface area contributed by atoms with E-state index in [-0.39, 0.29) is 0 Å². The van der Waals surface area contributed by atoms with Crippen molar-refractivity contribution in [2.24, 2.45) is 0 Å². The second kappa shape index (κ2) is 6.72. The van der Waals surface area contributed by atoms with Crippen molar-refractivity contribution >= 4 is 0 Å². The summed E-state index contributed by atoms with van der Waals surface area (Å²) in [6.45, 7) is 6.12. The van der Waals surface area contributed by atoms with Crippen molar-refractivity contribution in [1.29, 1.82) is 0 Å². The van der Waals surface area contributed by atoms with E-state index in [1.54, 1.807) is 0 Å². The molecular formula is C14H28N2O. The molecule has 0 aromatic heterocycles. The van der Waals surface area contributed by atoms with Gasteiger partial charge in [0.15, 0.2) is 0 Å². The lowest BCUT2D eigenvalue weighted by Gasteiger charge is -2.31. The van der Waals surface area contributed by atoms with Gasteiger partial charge in [0.05, 0.1) is 6.10 Å². The van der Waals surface area contributed by atoms with Crippen LogP contribution in [0.1, 0.15) is 45.4 Å². The third kappa shape index (κ3) is 3.94. The number of likely N-dealkylation sites (tertiary alicyclic amines) is 1. The van der Waals surface area contributed by atoms with E-state index in [1.165, 1.54) is 51.6 Å². The van der Waals surface area contributed by atoms with Crippen LogP contribution in [0.2, 0.25) is 0 Å². The molecule has 3 heteroatoms. The number of hydrogen-bond acceptors (Lipinski definition) is 3. The monoisotopic (exact) mass is 240 g/mol. The summed E-state index contributed by atoms with van der Waals surface area (Å²) in [5.41, 5.74) is 0. The van der Waals surface area contributed by atoms with Crippen LogP contribution in [-0.2, 0) is 4.74 Å². The Hall–Kier alpha value is -0.120. The molecule has 0 aromatic rings. The second-order valence-corrected chi connectivity index (χ2v) is 5.71. The van der Waals surface area contributed by atoms with E-state index in [4.69, 9.17) is 4.74 Å². The van der Waals surface area contributed by atoms with Crippen LogP contribution >= 0.6 is 0 Å². The van der Waals surface area contributed by atoms with Crippen molar-refractivity contribution in [1.82, 2.24) is 10.2 Å². The molecule has 1 saturated carbocycles. The van der Waals surface area contributed by atoms with Crippen LogP contribution in [0.5, 0.6) is 0 Å². The zero-order valence-corrected chi connectivity index (χ0v) is 11.5. The van der Waals surface area contributed by atoms with Crippen molar-refractivity contribution in [3.05, 3.63) is 0 Å². The van der Waals surface area contributed by atoms with Crippen molar-refractivity contribution in [2.75, 3.05) is 26.7 Å². The molecule has 2 aliphatic rings. The van der Waals surface area contributed by atoms with Crippen LogP contribution < -0.4 is 5.32 Å². The average molecular weight is 240 g/mol. The van der Waals surface area contributed by atoms with E-state index < -0.39 is 0 Å². The molecule has 0 radical (unpaired) electrons. The smallest absolute Gasteiger partial charge is 0.0572 e. The van der Waals surface area contributed by atoms with Crippen LogP contribution in [0, 0.1) is 0 Å². The van der Waals surface area contributed by atoms with Crippen molar-refractivity contribution < 1.29 is 4.74 Å². The van der Waals surface area contributed by atoms with Gasteiger partial charge in [0.1, 0.15) is 0 Å². The molecule has 1 unspecified atom stereocenters. The quantitative estimate of drug-likeness (QED) is 0.795. The minimum atomic E-state index is 0.518. The molecule has 0 amide bonds. The van der Waals surface area contributed by atoms with Gasteiger partial charge < -0.3 is 10.1 Å². The third-order valence-electron chi connectivity index (χ3n) is 4.47. The molecule has 0 aromatic carbocycles. The predicted molar refractivity (Wildman–Crippen MR) is 71.3 cm³/mol. The van der Waals surface area contributed by atoms with Crippen molar-refractivity contribution in [2.45, 2.75) is 63.6 Å². The van der Waals surface area contributed by atoms with Gasteiger partial charge in [-0.15, -0.1) is 0 Å². The summed E-state index contributed by atoms with van der Waals surface area (Å²) < 4.78 is 5.41. The van der Waals surface area contributed by atoms with Gasteiger partial charge in [0.2, 0.25) is 0 Å². The number of methoxy groups -OCH3 is 1. The first-order chi connectivity index (χ1) is 8.29. The Kier molecular flexibility index (Phi) is 5.26. The minimum absolute atomic E-state index is 0.518. The van der Waals surface area contributed by atoms with Crippen molar-refractivity contribution in [3.63, 3.8) is 0 Å². The highest BCUT2D eigenvalue weighted by Crippen LogP contribution is 2.20. The molecule has 1 atom stereocenters. The molecule has 1 aliphatic carbocycles. The van der Waals surface area contributed by atoms with Gasteiger partial charge >= 0.3 is 0 Å². The predicted octanol–water partition coefficient (Wildman–Crippen LogP) is 2.02. The largest absolute Gasteiger partial charge is 0.381 e. The average Bonchev–Trinajstić information content (AvgIpc) is 2.90. The Morgan fingerprint density at radius 1 is 1.18 bits per heavy atom. The zero-order chi connectivity index (χ0) is 12.1. The lowest BCUT2D eigenvalue weighted by Crippen LogP contribution is -2.43. The molecule has 1 heterocycles. The summed E-state index contributed by atoms with van der Waals surface area (Å²) in [6.07, 6.45) is 8.32. The number of ether oxygens (including phenoxy) is 1. The summed E-state index contributed by atoms with van der Waals surface area (Å²) in [5.74, 6) is 0. The Morgan fingerprint density at radius 3 is 2.41 bits per heavy atom. The topological polar surface area (TPSA) is 24.5 Å². The Bertz CT molecular complexity index is 208. The van der Waals surface area contributed by atoms with Crippen LogP contribution in [0.25, 0.3) is 0 Å². The maximum absolute atomic E-state index is 5.41. The van der Waals surface area contributed by atoms with Crippen molar-refractivity contribution in [3.8, 4) is 0 Å². The van der Waals surface area contributed by atoms with Gasteiger partial charge in [-0.25, -0.2) is 0 Å². The first-order valence-electron chi connectivity index (χ1n) is 7.30. The highest BCUT2D eigenvalue weighted by molar-refractivity contribution is 4.80. The van der Waals surface area contributed by atoms with Gasteiger partial charge in [0.25, 0.3) is 0 Å². The molecule has 0 bridgehead atoms. The van der Waals surface area contributed by atoms with Crippen LogP contribution in [0.4, 0.5) is 0 Å². The van der Waals surface area contributed by atoms with Gasteiger partial charge in [-0.1, -0.05) is 0 Å². The van der Waals surface area contributed by atoms with Gasteiger partial charge in [-0.05, 0) is 58.5 Å². The van der Waals surface area contributed by atoms with Crippen LogP contribution in [0.15, 0.2) is 0 Å². The normalized spacial score (nSPS) is 32.8. The van der Waals surface area contributed by atoms with E-state index in [9.17, 15) is 0 Å². The Morgan fingerprint density at radius 2 is 1.82 bits per heavy atom. The Balaban J connectivity index is 1.61. The highest BCUT2D eigenvalue weighted by Gasteiger charge is 2.22. The lowest BCUT2D eigenvalue weighted by atomic mass is 9.93. The summed E-state index contributed by atoms with van der Waals surface area (Å²) in [5, 5.41) is 3.75. The standard InChI is InChI=1S/C14H28N2O/c1-12(16-9-3-4-10-16)11-15-13-5-7-14(17-2)8-6-13/h12-15H,3-11H2,1-2H3. The summed E-state index contributed by atoms with van der Waals surface area (Å²) >= 11 is 0. The summed E-state index contributed by atoms with van der Waals surface area (Å²) in [6, 6.07) is 1.43. The fourth-order valence-electron chi connectivity index (χ4n) is 3.15. The lowest BCUT2D eigenvalue weighted by molar-refractivity contribution is 0.0617. The molecular weight excluding hydrogens is 212 g/mol. The van der Waals surface area contributed by atoms with E-state index in [2.05, 4.69) is 17.1 Å². The summed E-state index contributed by atoms with van der Waals surface area (Å²) in [7, 11) is 1.84. The van der Waals surface area contributed by atoms with Gasteiger partial charge in [-0.3, -0.25) is 4.90 Å².